The molecule has 0 atom stereocenters. The van der Waals surface area contributed by atoms with E-state index in [-0.39, 0.29) is 29.8 Å². The Balaban J connectivity index is 1.50. The Bertz CT molecular complexity index is 1460. The lowest BCUT2D eigenvalue weighted by molar-refractivity contribution is 0.0697. The van der Waals surface area contributed by atoms with Gasteiger partial charge >= 0.3 is 5.97 Å². The molecule has 0 aliphatic rings. The van der Waals surface area contributed by atoms with Crippen molar-refractivity contribution in [1.82, 2.24) is 29.5 Å². The minimum atomic E-state index is -1.14. The van der Waals surface area contributed by atoms with Gasteiger partial charge < -0.3 is 10.2 Å². The maximum absolute atomic E-state index is 14.4. The summed E-state index contributed by atoms with van der Waals surface area (Å²) in [6.07, 6.45) is 3.87. The molecule has 0 fully saturated rings. The Morgan fingerprint density at radius 3 is 2.59 bits per heavy atom. The van der Waals surface area contributed by atoms with Crippen LogP contribution in [0.25, 0.3) is 28.1 Å². The predicted molar refractivity (Wildman–Crippen MR) is 112 cm³/mol. The Kier molecular flexibility index (Phi) is 4.59. The van der Waals surface area contributed by atoms with Crippen molar-refractivity contribution in [2.45, 2.75) is 6.54 Å². The number of rotatable bonds is 5. The third kappa shape index (κ3) is 3.43. The van der Waals surface area contributed by atoms with Crippen LogP contribution in [0, 0.1) is 5.82 Å². The number of benzene rings is 2. The molecular formula is C22H15FN6O3. The first-order chi connectivity index (χ1) is 15.5. The molecule has 5 aromatic rings. The summed E-state index contributed by atoms with van der Waals surface area (Å²) in [7, 11) is 0. The largest absolute Gasteiger partial charge is 0.492 e. The molecule has 32 heavy (non-hydrogen) atoms. The SMILES string of the molecule is O=C(O)c1cnn(-c2nc(O)c3c(cnn3Cc3ccc(F)c(-c4ccccc4)c3)n2)c1. The maximum atomic E-state index is 14.4. The van der Waals surface area contributed by atoms with E-state index >= 15 is 0 Å². The van der Waals surface area contributed by atoms with Crippen LogP contribution in [-0.2, 0) is 6.54 Å². The van der Waals surface area contributed by atoms with Crippen LogP contribution in [0.15, 0.2) is 67.1 Å². The van der Waals surface area contributed by atoms with Gasteiger partial charge in [-0.1, -0.05) is 36.4 Å². The second-order valence-corrected chi connectivity index (χ2v) is 7.04. The van der Waals surface area contributed by atoms with Crippen LogP contribution in [-0.4, -0.2) is 45.7 Å². The Morgan fingerprint density at radius 2 is 1.84 bits per heavy atom. The van der Waals surface area contributed by atoms with Gasteiger partial charge in [0.25, 0.3) is 5.95 Å². The summed E-state index contributed by atoms with van der Waals surface area (Å²) < 4.78 is 17.1. The molecule has 10 heteroatoms. The number of carboxylic acid groups (broad SMARTS) is 1. The van der Waals surface area contributed by atoms with Crippen LogP contribution in [0.4, 0.5) is 4.39 Å². The van der Waals surface area contributed by atoms with Gasteiger partial charge in [-0.3, -0.25) is 4.68 Å². The fraction of sp³-hybridized carbons (Fsp3) is 0.0455. The fourth-order valence-corrected chi connectivity index (χ4v) is 3.42. The van der Waals surface area contributed by atoms with Gasteiger partial charge in [0.05, 0.1) is 24.5 Å². The number of hydrogen-bond acceptors (Lipinski definition) is 6. The van der Waals surface area contributed by atoms with E-state index in [4.69, 9.17) is 5.11 Å². The molecule has 0 saturated carbocycles. The van der Waals surface area contributed by atoms with E-state index in [9.17, 15) is 14.3 Å². The highest BCUT2D eigenvalue weighted by molar-refractivity contribution is 5.87. The lowest BCUT2D eigenvalue weighted by Crippen LogP contribution is -2.05. The van der Waals surface area contributed by atoms with Crippen molar-refractivity contribution >= 4 is 17.0 Å². The second kappa shape index (κ2) is 7.58. The zero-order chi connectivity index (χ0) is 22.2. The minimum Gasteiger partial charge on any atom is -0.492 e. The van der Waals surface area contributed by atoms with Crippen LogP contribution in [0.2, 0.25) is 0 Å². The number of aromatic nitrogens is 6. The smallest absolute Gasteiger partial charge is 0.338 e. The van der Waals surface area contributed by atoms with Gasteiger partial charge in [0.2, 0.25) is 5.88 Å². The Labute approximate surface area is 180 Å². The molecule has 0 radical (unpaired) electrons. The molecule has 9 nitrogen and oxygen atoms in total. The lowest BCUT2D eigenvalue weighted by Gasteiger charge is -2.09. The Morgan fingerprint density at radius 1 is 1.03 bits per heavy atom. The first-order valence-electron chi connectivity index (χ1n) is 9.54. The molecule has 0 saturated heterocycles. The lowest BCUT2D eigenvalue weighted by atomic mass is 10.0. The minimum absolute atomic E-state index is 0.00944. The molecule has 158 valence electrons. The number of fused-ring (bicyclic) bond motifs is 1. The molecule has 2 aromatic carbocycles. The van der Waals surface area contributed by atoms with Gasteiger partial charge in [-0.15, -0.1) is 0 Å². The van der Waals surface area contributed by atoms with Crippen molar-refractivity contribution in [1.29, 1.82) is 0 Å². The van der Waals surface area contributed by atoms with Gasteiger partial charge in [-0.25, -0.2) is 18.9 Å². The van der Waals surface area contributed by atoms with E-state index in [2.05, 4.69) is 20.2 Å². The number of aromatic hydroxyl groups is 1. The van der Waals surface area contributed by atoms with E-state index in [0.29, 0.717) is 16.6 Å². The van der Waals surface area contributed by atoms with E-state index < -0.39 is 5.97 Å². The quantitative estimate of drug-likeness (QED) is 0.439. The molecule has 2 N–H and O–H groups in total. The van der Waals surface area contributed by atoms with E-state index in [1.165, 1.54) is 23.1 Å². The molecule has 0 bridgehead atoms. The first kappa shape index (κ1) is 19.4. The summed E-state index contributed by atoms with van der Waals surface area (Å²) in [5.41, 5.74) is 2.62. The molecule has 0 aliphatic heterocycles. The van der Waals surface area contributed by atoms with Crippen molar-refractivity contribution in [2.24, 2.45) is 0 Å². The van der Waals surface area contributed by atoms with Gasteiger partial charge in [0, 0.05) is 11.8 Å². The standard InChI is InChI=1S/C22H15FN6O3/c23-17-7-6-13(8-16(17)14-4-2-1-3-5-14)11-28-19-18(10-25-28)26-22(27-20(19)30)29-12-15(9-24-29)21(31)32/h1-10,12H,11H2,(H,31,32)(H,26,27,30). The van der Waals surface area contributed by atoms with Crippen molar-refractivity contribution in [3.63, 3.8) is 0 Å². The first-order valence-corrected chi connectivity index (χ1v) is 9.54. The summed E-state index contributed by atoms with van der Waals surface area (Å²) in [6, 6.07) is 14.0. The predicted octanol–water partition coefficient (Wildman–Crippen LogP) is 3.27. The topological polar surface area (TPSA) is 119 Å². The van der Waals surface area contributed by atoms with Crippen LogP contribution in [0.3, 0.4) is 0 Å². The van der Waals surface area contributed by atoms with E-state index in [1.807, 2.05) is 30.3 Å². The van der Waals surface area contributed by atoms with E-state index in [0.717, 1.165) is 22.0 Å². The molecular weight excluding hydrogens is 415 g/mol. The number of hydrogen-bond donors (Lipinski definition) is 2. The number of carboxylic acids is 1. The summed E-state index contributed by atoms with van der Waals surface area (Å²) in [4.78, 5) is 19.4. The highest BCUT2D eigenvalue weighted by Gasteiger charge is 2.16. The average Bonchev–Trinajstić information content (AvgIpc) is 3.44. The number of carbonyl (C=O) groups is 1. The molecule has 5 rings (SSSR count). The summed E-state index contributed by atoms with van der Waals surface area (Å²) >= 11 is 0. The third-order valence-electron chi connectivity index (χ3n) is 4.94. The summed E-state index contributed by atoms with van der Waals surface area (Å²) in [5, 5.41) is 27.8. The zero-order valence-electron chi connectivity index (χ0n) is 16.4. The third-order valence-corrected chi connectivity index (χ3v) is 4.94. The molecule has 3 heterocycles. The van der Waals surface area contributed by atoms with Crippen LogP contribution in [0.1, 0.15) is 15.9 Å². The molecule has 0 unspecified atom stereocenters. The highest BCUT2D eigenvalue weighted by Crippen LogP contribution is 2.26. The summed E-state index contributed by atoms with van der Waals surface area (Å²) in [5.74, 6) is -1.79. The maximum Gasteiger partial charge on any atom is 0.338 e. The normalized spacial score (nSPS) is 11.2. The van der Waals surface area contributed by atoms with Gasteiger partial charge in [-0.05, 0) is 23.3 Å². The Hall–Kier alpha value is -4.60. The van der Waals surface area contributed by atoms with Crippen molar-refractivity contribution in [3.05, 3.63) is 84.1 Å². The molecule has 0 spiro atoms. The van der Waals surface area contributed by atoms with Crippen molar-refractivity contribution < 1.29 is 19.4 Å². The van der Waals surface area contributed by atoms with Crippen LogP contribution in [0.5, 0.6) is 5.88 Å². The number of halogens is 1. The van der Waals surface area contributed by atoms with Gasteiger partial charge in [0.15, 0.2) is 0 Å². The van der Waals surface area contributed by atoms with Crippen LogP contribution >= 0.6 is 0 Å². The second-order valence-electron chi connectivity index (χ2n) is 7.04. The average molecular weight is 430 g/mol. The highest BCUT2D eigenvalue weighted by atomic mass is 19.1. The monoisotopic (exact) mass is 430 g/mol. The number of nitrogens with zero attached hydrogens (tertiary/aromatic N) is 6. The van der Waals surface area contributed by atoms with Crippen LogP contribution < -0.4 is 0 Å². The zero-order valence-corrected chi connectivity index (χ0v) is 16.4. The molecule has 3 aromatic heterocycles. The summed E-state index contributed by atoms with van der Waals surface area (Å²) in [6.45, 7) is 0.255. The molecule has 0 aliphatic carbocycles. The van der Waals surface area contributed by atoms with E-state index in [1.54, 1.807) is 12.1 Å². The number of aromatic carboxylic acids is 1. The van der Waals surface area contributed by atoms with Gasteiger partial charge in [0.1, 0.15) is 16.9 Å². The fourth-order valence-electron chi connectivity index (χ4n) is 3.42. The van der Waals surface area contributed by atoms with Crippen molar-refractivity contribution in [3.8, 4) is 23.0 Å². The van der Waals surface area contributed by atoms with Crippen molar-refractivity contribution in [2.75, 3.05) is 0 Å². The van der Waals surface area contributed by atoms with Gasteiger partial charge in [-0.2, -0.15) is 15.2 Å². The molecule has 0 amide bonds.